The van der Waals surface area contributed by atoms with Gasteiger partial charge in [0, 0.05) is 17.3 Å². The SMILES string of the molecule is O=C(CSCC(=O)Nc1ccc(F)cc1)NCc1cccc(Cl)c1. The van der Waals surface area contributed by atoms with E-state index in [0.717, 1.165) is 5.56 Å². The van der Waals surface area contributed by atoms with E-state index in [-0.39, 0.29) is 29.1 Å². The molecule has 2 aromatic rings. The Morgan fingerprint density at radius 2 is 1.75 bits per heavy atom. The van der Waals surface area contributed by atoms with Crippen LogP contribution in [0, 0.1) is 5.82 Å². The van der Waals surface area contributed by atoms with Crippen LogP contribution in [0.15, 0.2) is 48.5 Å². The zero-order valence-corrected chi connectivity index (χ0v) is 14.3. The molecule has 0 atom stereocenters. The van der Waals surface area contributed by atoms with Crippen molar-refractivity contribution in [2.45, 2.75) is 6.54 Å². The molecule has 0 fully saturated rings. The van der Waals surface area contributed by atoms with Crippen molar-refractivity contribution in [3.63, 3.8) is 0 Å². The Morgan fingerprint density at radius 3 is 2.46 bits per heavy atom. The van der Waals surface area contributed by atoms with Crippen molar-refractivity contribution in [1.29, 1.82) is 0 Å². The minimum atomic E-state index is -0.362. The summed E-state index contributed by atoms with van der Waals surface area (Å²) >= 11 is 7.08. The maximum atomic E-state index is 12.8. The monoisotopic (exact) mass is 366 g/mol. The Morgan fingerprint density at radius 1 is 1.04 bits per heavy atom. The molecule has 2 amide bonds. The molecule has 126 valence electrons. The zero-order chi connectivity index (χ0) is 17.4. The highest BCUT2D eigenvalue weighted by Crippen LogP contribution is 2.11. The summed E-state index contributed by atoms with van der Waals surface area (Å²) in [4.78, 5) is 23.5. The third kappa shape index (κ3) is 6.60. The topological polar surface area (TPSA) is 58.2 Å². The first-order chi connectivity index (χ1) is 11.5. The Labute approximate surface area is 148 Å². The predicted molar refractivity (Wildman–Crippen MR) is 95.7 cm³/mol. The lowest BCUT2D eigenvalue weighted by atomic mass is 10.2. The van der Waals surface area contributed by atoms with Gasteiger partial charge in [0.25, 0.3) is 0 Å². The number of carbonyl (C=O) groups is 2. The fraction of sp³-hybridized carbons (Fsp3) is 0.176. The second-order valence-corrected chi connectivity index (χ2v) is 6.38. The minimum Gasteiger partial charge on any atom is -0.351 e. The van der Waals surface area contributed by atoms with Crippen LogP contribution in [-0.4, -0.2) is 23.3 Å². The lowest BCUT2D eigenvalue weighted by Crippen LogP contribution is -2.25. The van der Waals surface area contributed by atoms with Gasteiger partial charge in [-0.2, -0.15) is 0 Å². The second kappa shape index (κ2) is 9.30. The molecular weight excluding hydrogens is 351 g/mol. The highest BCUT2D eigenvalue weighted by molar-refractivity contribution is 8.00. The molecule has 0 spiro atoms. The van der Waals surface area contributed by atoms with Gasteiger partial charge < -0.3 is 10.6 Å². The normalized spacial score (nSPS) is 10.2. The number of benzene rings is 2. The molecule has 4 nitrogen and oxygen atoms in total. The van der Waals surface area contributed by atoms with Crippen molar-refractivity contribution in [3.8, 4) is 0 Å². The van der Waals surface area contributed by atoms with Gasteiger partial charge in [0.1, 0.15) is 5.82 Å². The third-order valence-corrected chi connectivity index (χ3v) is 4.14. The van der Waals surface area contributed by atoms with Gasteiger partial charge in [-0.25, -0.2) is 4.39 Å². The standard InChI is InChI=1S/C17H16ClFN2O2S/c18-13-3-1-2-12(8-13)9-20-16(22)10-24-11-17(23)21-15-6-4-14(19)5-7-15/h1-8H,9-11H2,(H,20,22)(H,21,23). The van der Waals surface area contributed by atoms with Crippen LogP contribution in [-0.2, 0) is 16.1 Å². The van der Waals surface area contributed by atoms with E-state index in [1.165, 1.54) is 36.0 Å². The summed E-state index contributed by atoms with van der Waals surface area (Å²) in [5, 5.41) is 6.02. The van der Waals surface area contributed by atoms with Crippen LogP contribution in [0.25, 0.3) is 0 Å². The molecule has 7 heteroatoms. The van der Waals surface area contributed by atoms with Crippen molar-refractivity contribution in [3.05, 3.63) is 64.9 Å². The molecule has 0 aliphatic carbocycles. The summed E-state index contributed by atoms with van der Waals surface area (Å²) in [6.45, 7) is 0.391. The molecule has 2 N–H and O–H groups in total. The third-order valence-electron chi connectivity index (χ3n) is 2.97. The lowest BCUT2D eigenvalue weighted by molar-refractivity contribution is -0.118. The van der Waals surface area contributed by atoms with Crippen LogP contribution in [0.1, 0.15) is 5.56 Å². The van der Waals surface area contributed by atoms with E-state index in [2.05, 4.69) is 10.6 Å². The molecule has 2 aromatic carbocycles. The van der Waals surface area contributed by atoms with Gasteiger partial charge in [-0.15, -0.1) is 11.8 Å². The van der Waals surface area contributed by atoms with Crippen molar-refractivity contribution in [1.82, 2.24) is 5.32 Å². The van der Waals surface area contributed by atoms with Gasteiger partial charge in [-0.3, -0.25) is 9.59 Å². The fourth-order valence-electron chi connectivity index (χ4n) is 1.87. The first kappa shape index (κ1) is 18.3. The summed E-state index contributed by atoms with van der Waals surface area (Å²) in [5.41, 5.74) is 1.43. The van der Waals surface area contributed by atoms with Gasteiger partial charge in [0.2, 0.25) is 11.8 Å². The molecule has 0 aliphatic heterocycles. The van der Waals surface area contributed by atoms with E-state index in [9.17, 15) is 14.0 Å². The molecule has 0 saturated carbocycles. The van der Waals surface area contributed by atoms with E-state index in [1.54, 1.807) is 12.1 Å². The zero-order valence-electron chi connectivity index (χ0n) is 12.7. The molecule has 0 aromatic heterocycles. The lowest BCUT2D eigenvalue weighted by Gasteiger charge is -2.07. The van der Waals surface area contributed by atoms with Crippen LogP contribution in [0.5, 0.6) is 0 Å². The number of carbonyl (C=O) groups excluding carboxylic acids is 2. The number of hydrogen-bond acceptors (Lipinski definition) is 3. The number of hydrogen-bond donors (Lipinski definition) is 2. The molecule has 0 bridgehead atoms. The van der Waals surface area contributed by atoms with Gasteiger partial charge in [0.15, 0.2) is 0 Å². The number of amides is 2. The average molecular weight is 367 g/mol. The van der Waals surface area contributed by atoms with E-state index in [1.807, 2.05) is 12.1 Å². The number of nitrogens with one attached hydrogen (secondary N) is 2. The molecule has 0 saturated heterocycles. The van der Waals surface area contributed by atoms with Crippen LogP contribution in [0.3, 0.4) is 0 Å². The molecular formula is C17H16ClFN2O2S. The average Bonchev–Trinajstić information content (AvgIpc) is 2.55. The first-order valence-electron chi connectivity index (χ1n) is 7.17. The predicted octanol–water partition coefficient (Wildman–Crippen LogP) is 3.47. The molecule has 0 radical (unpaired) electrons. The Hall–Kier alpha value is -2.05. The molecule has 2 rings (SSSR count). The number of anilines is 1. The Kier molecular flexibility index (Phi) is 7.08. The van der Waals surface area contributed by atoms with Gasteiger partial charge in [-0.1, -0.05) is 23.7 Å². The van der Waals surface area contributed by atoms with Crippen molar-refractivity contribution >= 4 is 40.9 Å². The highest BCUT2D eigenvalue weighted by Gasteiger charge is 2.06. The van der Waals surface area contributed by atoms with E-state index in [4.69, 9.17) is 11.6 Å². The van der Waals surface area contributed by atoms with Gasteiger partial charge >= 0.3 is 0 Å². The van der Waals surface area contributed by atoms with Crippen LogP contribution < -0.4 is 10.6 Å². The van der Waals surface area contributed by atoms with E-state index >= 15 is 0 Å². The van der Waals surface area contributed by atoms with Crippen molar-refractivity contribution in [2.75, 3.05) is 16.8 Å². The highest BCUT2D eigenvalue weighted by atomic mass is 35.5. The molecule has 0 aliphatic rings. The first-order valence-corrected chi connectivity index (χ1v) is 8.70. The second-order valence-electron chi connectivity index (χ2n) is 4.95. The Bertz CT molecular complexity index is 710. The van der Waals surface area contributed by atoms with Crippen LogP contribution in [0.2, 0.25) is 5.02 Å². The van der Waals surface area contributed by atoms with Gasteiger partial charge in [-0.05, 0) is 42.0 Å². The van der Waals surface area contributed by atoms with Gasteiger partial charge in [0.05, 0.1) is 11.5 Å². The van der Waals surface area contributed by atoms with E-state index < -0.39 is 0 Å². The molecule has 0 heterocycles. The van der Waals surface area contributed by atoms with Crippen LogP contribution >= 0.6 is 23.4 Å². The number of halogens is 2. The largest absolute Gasteiger partial charge is 0.351 e. The minimum absolute atomic E-state index is 0.141. The summed E-state index contributed by atoms with van der Waals surface area (Å²) in [6, 6.07) is 12.7. The Balaban J connectivity index is 1.65. The fourth-order valence-corrected chi connectivity index (χ4v) is 2.73. The van der Waals surface area contributed by atoms with Crippen LogP contribution in [0.4, 0.5) is 10.1 Å². The maximum absolute atomic E-state index is 12.8. The molecule has 24 heavy (non-hydrogen) atoms. The van der Waals surface area contributed by atoms with Crippen molar-refractivity contribution < 1.29 is 14.0 Å². The maximum Gasteiger partial charge on any atom is 0.234 e. The summed E-state index contributed by atoms with van der Waals surface area (Å²) in [7, 11) is 0. The number of rotatable bonds is 7. The smallest absolute Gasteiger partial charge is 0.234 e. The molecule has 0 unspecified atom stereocenters. The van der Waals surface area contributed by atoms with E-state index in [0.29, 0.717) is 17.3 Å². The summed E-state index contributed by atoms with van der Waals surface area (Å²) in [5.74, 6) is -0.443. The number of thioether (sulfide) groups is 1. The van der Waals surface area contributed by atoms with Crippen molar-refractivity contribution in [2.24, 2.45) is 0 Å². The summed E-state index contributed by atoms with van der Waals surface area (Å²) < 4.78 is 12.8. The summed E-state index contributed by atoms with van der Waals surface area (Å²) in [6.07, 6.45) is 0. The quantitative estimate of drug-likeness (QED) is 0.788.